The third-order valence-electron chi connectivity index (χ3n) is 3.69. The van der Waals surface area contributed by atoms with Crippen LogP contribution in [0.15, 0.2) is 41.8 Å². The summed E-state index contributed by atoms with van der Waals surface area (Å²) in [4.78, 5) is 24.3. The molecule has 0 aliphatic rings. The molecule has 2 N–H and O–H groups in total. The second-order valence-corrected chi connectivity index (χ2v) is 6.72. The van der Waals surface area contributed by atoms with Crippen molar-refractivity contribution in [2.24, 2.45) is 0 Å². The monoisotopic (exact) mass is 377 g/mol. The van der Waals surface area contributed by atoms with Gasteiger partial charge >= 0.3 is 5.97 Å². The van der Waals surface area contributed by atoms with E-state index >= 15 is 0 Å². The van der Waals surface area contributed by atoms with Gasteiger partial charge in [-0.2, -0.15) is 0 Å². The topological polar surface area (TPSA) is 84.9 Å². The Bertz CT molecular complexity index is 699. The molecule has 26 heavy (non-hydrogen) atoms. The van der Waals surface area contributed by atoms with Crippen molar-refractivity contribution in [3.8, 4) is 5.75 Å². The molecule has 6 nitrogen and oxygen atoms in total. The SMILES string of the molecule is CCO[C@@H](Cc1ccc(O[C@H](C)C(=O)NCc2cccs2)cc1)C(=O)O. The lowest BCUT2D eigenvalue weighted by Crippen LogP contribution is -2.35. The van der Waals surface area contributed by atoms with Crippen LogP contribution in [0.4, 0.5) is 0 Å². The van der Waals surface area contributed by atoms with Crippen LogP contribution in [0.5, 0.6) is 5.75 Å². The summed E-state index contributed by atoms with van der Waals surface area (Å²) in [6.07, 6.45) is -1.22. The summed E-state index contributed by atoms with van der Waals surface area (Å²) < 4.78 is 10.9. The Morgan fingerprint density at radius 2 is 1.96 bits per heavy atom. The van der Waals surface area contributed by atoms with Crippen molar-refractivity contribution in [1.29, 1.82) is 0 Å². The highest BCUT2D eigenvalue weighted by atomic mass is 32.1. The van der Waals surface area contributed by atoms with Crippen molar-refractivity contribution < 1.29 is 24.2 Å². The Hall–Kier alpha value is -2.38. The molecule has 0 saturated heterocycles. The molecule has 2 aromatic rings. The largest absolute Gasteiger partial charge is 0.481 e. The molecule has 2 atom stereocenters. The van der Waals surface area contributed by atoms with Gasteiger partial charge in [-0.25, -0.2) is 4.79 Å². The number of ether oxygens (including phenoxy) is 2. The Balaban J connectivity index is 1.85. The molecule has 1 heterocycles. The highest BCUT2D eigenvalue weighted by Crippen LogP contribution is 2.16. The summed E-state index contributed by atoms with van der Waals surface area (Å²) in [5, 5.41) is 13.9. The van der Waals surface area contributed by atoms with Gasteiger partial charge in [-0.15, -0.1) is 11.3 Å². The standard InChI is InChI=1S/C19H23NO5S/c1-3-24-17(19(22)23)11-14-6-8-15(9-7-14)25-13(2)18(21)20-12-16-5-4-10-26-16/h4-10,13,17H,3,11-12H2,1-2H3,(H,20,21)(H,22,23)/t13-,17+/m1/s1. The van der Waals surface area contributed by atoms with E-state index in [2.05, 4.69) is 5.32 Å². The van der Waals surface area contributed by atoms with Gasteiger partial charge < -0.3 is 19.9 Å². The van der Waals surface area contributed by atoms with Crippen molar-refractivity contribution in [2.75, 3.05) is 6.61 Å². The normalized spacial score (nSPS) is 13.0. The molecular weight excluding hydrogens is 354 g/mol. The van der Waals surface area contributed by atoms with E-state index in [0.717, 1.165) is 10.4 Å². The number of aliphatic carboxylic acids is 1. The fourth-order valence-corrected chi connectivity index (χ4v) is 2.97. The zero-order valence-corrected chi connectivity index (χ0v) is 15.6. The van der Waals surface area contributed by atoms with Crippen LogP contribution < -0.4 is 10.1 Å². The first kappa shape index (κ1) is 19.9. The molecule has 7 heteroatoms. The Kier molecular flexibility index (Phi) is 7.62. The molecule has 0 aliphatic carbocycles. The molecular formula is C19H23NO5S. The van der Waals surface area contributed by atoms with Crippen LogP contribution in [0.2, 0.25) is 0 Å². The summed E-state index contributed by atoms with van der Waals surface area (Å²) in [5.41, 5.74) is 0.827. The molecule has 1 amide bonds. The fourth-order valence-electron chi connectivity index (χ4n) is 2.33. The van der Waals surface area contributed by atoms with Gasteiger partial charge in [0.15, 0.2) is 12.2 Å². The van der Waals surface area contributed by atoms with Gasteiger partial charge in [-0.1, -0.05) is 18.2 Å². The number of carbonyl (C=O) groups is 2. The van der Waals surface area contributed by atoms with Crippen LogP contribution in [-0.4, -0.2) is 35.8 Å². The van der Waals surface area contributed by atoms with Crippen LogP contribution in [-0.2, 0) is 27.3 Å². The van der Waals surface area contributed by atoms with Crippen molar-refractivity contribution >= 4 is 23.2 Å². The Morgan fingerprint density at radius 3 is 2.54 bits per heavy atom. The van der Waals surface area contributed by atoms with Gasteiger partial charge in [0.05, 0.1) is 6.54 Å². The van der Waals surface area contributed by atoms with E-state index < -0.39 is 18.2 Å². The average molecular weight is 377 g/mol. The number of thiophene rings is 1. The molecule has 140 valence electrons. The van der Waals surface area contributed by atoms with Gasteiger partial charge in [-0.3, -0.25) is 4.79 Å². The maximum atomic E-state index is 12.1. The summed E-state index contributed by atoms with van der Waals surface area (Å²) in [6, 6.07) is 10.9. The van der Waals surface area contributed by atoms with Crippen LogP contribution in [0.25, 0.3) is 0 Å². The molecule has 2 rings (SSSR count). The predicted octanol–water partition coefficient (Wildman–Crippen LogP) is 2.86. The summed E-state index contributed by atoms with van der Waals surface area (Å²) in [5.74, 6) is -0.621. The van der Waals surface area contributed by atoms with Gasteiger partial charge in [0, 0.05) is 17.9 Å². The lowest BCUT2D eigenvalue weighted by atomic mass is 10.1. The highest BCUT2D eigenvalue weighted by molar-refractivity contribution is 7.09. The van der Waals surface area contributed by atoms with Crippen LogP contribution >= 0.6 is 11.3 Å². The fraction of sp³-hybridized carbons (Fsp3) is 0.368. The molecule has 0 saturated carbocycles. The van der Waals surface area contributed by atoms with Gasteiger partial charge in [0.1, 0.15) is 5.75 Å². The first-order valence-corrected chi connectivity index (χ1v) is 9.27. The van der Waals surface area contributed by atoms with Gasteiger partial charge in [-0.05, 0) is 43.0 Å². The number of rotatable bonds is 10. The van der Waals surface area contributed by atoms with Crippen molar-refractivity contribution in [3.05, 3.63) is 52.2 Å². The lowest BCUT2D eigenvalue weighted by molar-refractivity contribution is -0.150. The lowest BCUT2D eigenvalue weighted by Gasteiger charge is -2.15. The molecule has 1 aromatic heterocycles. The van der Waals surface area contributed by atoms with Gasteiger partial charge in [0.25, 0.3) is 5.91 Å². The molecule has 0 fully saturated rings. The Labute approximate surface area is 156 Å². The summed E-state index contributed by atoms with van der Waals surface area (Å²) in [6.45, 7) is 4.28. The molecule has 1 aromatic carbocycles. The number of nitrogens with one attached hydrogen (secondary N) is 1. The maximum Gasteiger partial charge on any atom is 0.333 e. The third kappa shape index (κ3) is 6.16. The predicted molar refractivity (Wildman–Crippen MR) is 99.5 cm³/mol. The van der Waals surface area contributed by atoms with Crippen LogP contribution in [0, 0.1) is 0 Å². The second-order valence-electron chi connectivity index (χ2n) is 5.69. The average Bonchev–Trinajstić information content (AvgIpc) is 3.14. The van der Waals surface area contributed by atoms with E-state index in [1.54, 1.807) is 49.4 Å². The minimum absolute atomic E-state index is 0.190. The van der Waals surface area contributed by atoms with E-state index in [0.29, 0.717) is 18.9 Å². The first-order valence-electron chi connectivity index (χ1n) is 8.39. The van der Waals surface area contributed by atoms with Crippen LogP contribution in [0.3, 0.4) is 0 Å². The third-order valence-corrected chi connectivity index (χ3v) is 4.56. The quantitative estimate of drug-likeness (QED) is 0.665. The number of hydrogen-bond acceptors (Lipinski definition) is 5. The van der Waals surface area contributed by atoms with E-state index in [1.807, 2.05) is 17.5 Å². The number of carboxylic acids is 1. The first-order chi connectivity index (χ1) is 12.5. The smallest absolute Gasteiger partial charge is 0.333 e. The molecule has 0 radical (unpaired) electrons. The Morgan fingerprint density at radius 1 is 1.23 bits per heavy atom. The number of carboxylic acid groups (broad SMARTS) is 1. The molecule has 0 bridgehead atoms. The number of benzene rings is 1. The zero-order valence-electron chi connectivity index (χ0n) is 14.8. The summed E-state index contributed by atoms with van der Waals surface area (Å²) >= 11 is 1.58. The molecule has 0 spiro atoms. The molecule has 0 aliphatic heterocycles. The number of carbonyl (C=O) groups excluding carboxylic acids is 1. The highest BCUT2D eigenvalue weighted by Gasteiger charge is 2.18. The van der Waals surface area contributed by atoms with Crippen molar-refractivity contribution in [3.63, 3.8) is 0 Å². The zero-order chi connectivity index (χ0) is 18.9. The number of hydrogen-bond donors (Lipinski definition) is 2. The van der Waals surface area contributed by atoms with E-state index in [1.165, 1.54) is 0 Å². The maximum absolute atomic E-state index is 12.1. The van der Waals surface area contributed by atoms with E-state index in [9.17, 15) is 9.59 Å². The molecule has 0 unspecified atom stereocenters. The van der Waals surface area contributed by atoms with E-state index in [4.69, 9.17) is 14.6 Å². The minimum Gasteiger partial charge on any atom is -0.481 e. The number of amides is 1. The van der Waals surface area contributed by atoms with Gasteiger partial charge in [0.2, 0.25) is 0 Å². The minimum atomic E-state index is -0.983. The van der Waals surface area contributed by atoms with Crippen LogP contribution in [0.1, 0.15) is 24.3 Å². The summed E-state index contributed by atoms with van der Waals surface area (Å²) in [7, 11) is 0. The van der Waals surface area contributed by atoms with E-state index in [-0.39, 0.29) is 12.3 Å². The van der Waals surface area contributed by atoms with Crippen molar-refractivity contribution in [1.82, 2.24) is 5.32 Å². The second kappa shape index (κ2) is 9.94. The van der Waals surface area contributed by atoms with Crippen molar-refractivity contribution in [2.45, 2.75) is 39.0 Å².